The van der Waals surface area contributed by atoms with Crippen LogP contribution in [0.2, 0.25) is 0 Å². The van der Waals surface area contributed by atoms with E-state index in [2.05, 4.69) is 65.0 Å². The average Bonchev–Trinajstić information content (AvgIpc) is 3.27. The van der Waals surface area contributed by atoms with Crippen molar-refractivity contribution in [1.29, 1.82) is 0 Å². The second-order valence-corrected chi connectivity index (χ2v) is 15.4. The number of carbonyl (C=O) groups excluding carboxylic acids is 1. The van der Waals surface area contributed by atoms with Crippen LogP contribution in [0.5, 0.6) is 0 Å². The molecule has 0 heterocycles. The van der Waals surface area contributed by atoms with Crippen molar-refractivity contribution in [1.82, 2.24) is 4.72 Å². The number of thiol groups is 1. The van der Waals surface area contributed by atoms with Gasteiger partial charge in [0.05, 0.1) is 0 Å². The summed E-state index contributed by atoms with van der Waals surface area (Å²) in [5.74, 6) is 6.14. The molecule has 0 saturated heterocycles. The van der Waals surface area contributed by atoms with Crippen molar-refractivity contribution in [3.8, 4) is 0 Å². The molecule has 1 amide bonds. The lowest BCUT2D eigenvalue weighted by atomic mass is 9.47. The van der Waals surface area contributed by atoms with Crippen LogP contribution in [0.3, 0.4) is 0 Å². The molecule has 232 valence electrons. The Labute approximate surface area is 256 Å². The molecule has 3 saturated carbocycles. The summed E-state index contributed by atoms with van der Waals surface area (Å²) in [7, 11) is 0. The van der Waals surface area contributed by atoms with Crippen molar-refractivity contribution in [3.63, 3.8) is 0 Å². The fraction of sp³-hybridized carbons (Fsp3) is 0.912. The lowest BCUT2D eigenvalue weighted by molar-refractivity contribution is -0.0579. The molecule has 4 nitrogen and oxygen atoms in total. The summed E-state index contributed by atoms with van der Waals surface area (Å²) >= 11 is 4.41. The number of hydrogen-bond acceptors (Lipinski definition) is 5. The smallest absolute Gasteiger partial charge is 0.419 e. The number of nitrogens with one attached hydrogen (secondary N) is 1. The topological polar surface area (TPSA) is 58.6 Å². The maximum Gasteiger partial charge on any atom is 0.419 e. The van der Waals surface area contributed by atoms with Crippen molar-refractivity contribution in [2.45, 2.75) is 144 Å². The molecule has 0 radical (unpaired) electrons. The van der Waals surface area contributed by atoms with Gasteiger partial charge in [-0.1, -0.05) is 91.7 Å². The second kappa shape index (κ2) is 15.9. The van der Waals surface area contributed by atoms with Crippen LogP contribution in [0.25, 0.3) is 0 Å². The number of hydrogen-bond donors (Lipinski definition) is 3. The molecule has 0 aromatic carbocycles. The van der Waals surface area contributed by atoms with Gasteiger partial charge >= 0.3 is 6.09 Å². The molecule has 0 aromatic heterocycles. The molecule has 4 rings (SSSR count). The lowest BCUT2D eigenvalue weighted by Crippen LogP contribution is -2.51. The predicted octanol–water partition coefficient (Wildman–Crippen LogP) is 10.7. The van der Waals surface area contributed by atoms with Gasteiger partial charge in [0.25, 0.3) is 0 Å². The minimum Gasteiger partial charge on any atom is -0.445 e. The number of rotatable bonds is 11. The molecule has 0 spiro atoms. The first-order valence-electron chi connectivity index (χ1n) is 16.7. The molecule has 4 aliphatic rings. The van der Waals surface area contributed by atoms with Crippen LogP contribution in [0.15, 0.2) is 11.6 Å². The van der Waals surface area contributed by atoms with Crippen LogP contribution in [0.1, 0.15) is 138 Å². The molecular formula is C34H61NO3S2. The molecule has 6 unspecified atom stereocenters. The SMILES string of the molecule is CC(C)CCCC(C)C1CCC2C3CC=C4CC(OC(=O)NSO)CC[C@]4(C)C3CC[C@]12C.CCCCCCS. The molecule has 40 heavy (non-hydrogen) atoms. The zero-order valence-electron chi connectivity index (χ0n) is 26.6. The Balaban J connectivity index is 0.000000559. The first-order chi connectivity index (χ1) is 19.1. The third-order valence-electron chi connectivity index (χ3n) is 11.7. The van der Waals surface area contributed by atoms with Crippen LogP contribution in [-0.2, 0) is 4.74 Å². The van der Waals surface area contributed by atoms with E-state index < -0.39 is 6.09 Å². The summed E-state index contributed by atoms with van der Waals surface area (Å²) < 4.78 is 16.7. The number of fused-ring (bicyclic) bond motifs is 5. The van der Waals surface area contributed by atoms with Crippen LogP contribution < -0.4 is 4.72 Å². The van der Waals surface area contributed by atoms with Crippen molar-refractivity contribution < 1.29 is 14.1 Å². The molecule has 6 heteroatoms. The molecule has 0 aliphatic heterocycles. The lowest BCUT2D eigenvalue weighted by Gasteiger charge is -2.58. The summed E-state index contributed by atoms with van der Waals surface area (Å²) in [4.78, 5) is 11.8. The molecule has 0 aromatic rings. The molecule has 2 N–H and O–H groups in total. The van der Waals surface area contributed by atoms with Gasteiger partial charge in [-0.15, -0.1) is 0 Å². The first kappa shape index (κ1) is 34.2. The van der Waals surface area contributed by atoms with E-state index >= 15 is 0 Å². The van der Waals surface area contributed by atoms with Crippen molar-refractivity contribution in [3.05, 3.63) is 11.6 Å². The van der Waals surface area contributed by atoms with E-state index in [0.29, 0.717) is 17.6 Å². The van der Waals surface area contributed by atoms with Gasteiger partial charge in [-0.05, 0) is 103 Å². The minimum atomic E-state index is -0.529. The Morgan fingerprint density at radius 3 is 2.52 bits per heavy atom. The largest absolute Gasteiger partial charge is 0.445 e. The highest BCUT2D eigenvalue weighted by molar-refractivity contribution is 7.92. The van der Waals surface area contributed by atoms with Gasteiger partial charge in [-0.3, -0.25) is 0 Å². The van der Waals surface area contributed by atoms with Gasteiger partial charge in [0.2, 0.25) is 0 Å². The standard InChI is InChI=1S/C28H47NO3S.C6H14S/c1-18(2)7-6-8-19(3)23-11-12-24-22-10-9-20-17-21(32-26(30)29-33-31)13-15-27(20,4)25(22)14-16-28(23,24)5;1-2-3-4-5-6-7/h9,18-19,21-25,31H,6-8,10-17H2,1-5H3,(H,29,30);7H,2-6H2,1H3/t19?,21?,22?,23?,24?,25?,27-,28+;/m0./s1. The maximum atomic E-state index is 11.8. The van der Waals surface area contributed by atoms with E-state index in [1.807, 2.05) is 0 Å². The van der Waals surface area contributed by atoms with Crippen LogP contribution in [0, 0.1) is 46.3 Å². The fourth-order valence-electron chi connectivity index (χ4n) is 9.50. The summed E-state index contributed by atoms with van der Waals surface area (Å²) in [6.45, 7) is 14.7. The molecule has 0 bridgehead atoms. The maximum absolute atomic E-state index is 11.8. The van der Waals surface area contributed by atoms with Gasteiger partial charge in [-0.2, -0.15) is 12.6 Å². The van der Waals surface area contributed by atoms with Gasteiger partial charge in [0.15, 0.2) is 0 Å². The van der Waals surface area contributed by atoms with Crippen LogP contribution in [0.4, 0.5) is 4.79 Å². The van der Waals surface area contributed by atoms with E-state index in [4.69, 9.17) is 9.29 Å². The van der Waals surface area contributed by atoms with Gasteiger partial charge < -0.3 is 9.29 Å². The zero-order valence-corrected chi connectivity index (χ0v) is 28.3. The summed E-state index contributed by atoms with van der Waals surface area (Å²) in [6, 6.07) is 0. The fourth-order valence-corrected chi connectivity index (χ4v) is 9.85. The number of unbranched alkanes of at least 4 members (excludes halogenated alkanes) is 3. The van der Waals surface area contributed by atoms with Gasteiger partial charge in [0.1, 0.15) is 18.3 Å². The monoisotopic (exact) mass is 595 g/mol. The van der Waals surface area contributed by atoms with E-state index in [-0.39, 0.29) is 11.5 Å². The number of ether oxygens (including phenoxy) is 1. The average molecular weight is 596 g/mol. The molecule has 8 atom stereocenters. The van der Waals surface area contributed by atoms with Crippen molar-refractivity contribution in [2.75, 3.05) is 5.75 Å². The number of allylic oxidation sites excluding steroid dienone is 1. The Hall–Kier alpha value is -0.330. The minimum absolute atomic E-state index is 0.0653. The number of carbonyl (C=O) groups is 1. The Morgan fingerprint density at radius 2 is 1.85 bits per heavy atom. The number of amides is 1. The Morgan fingerprint density at radius 1 is 1.07 bits per heavy atom. The van der Waals surface area contributed by atoms with E-state index in [1.54, 1.807) is 0 Å². The zero-order chi connectivity index (χ0) is 29.3. The quantitative estimate of drug-likeness (QED) is 0.0731. The van der Waals surface area contributed by atoms with E-state index in [0.717, 1.165) is 60.5 Å². The predicted molar refractivity (Wildman–Crippen MR) is 175 cm³/mol. The summed E-state index contributed by atoms with van der Waals surface area (Å²) in [6.07, 6.45) is 21.2. The van der Waals surface area contributed by atoms with Gasteiger partial charge in [0, 0.05) is 6.42 Å². The van der Waals surface area contributed by atoms with Gasteiger partial charge in [-0.25, -0.2) is 9.52 Å². The normalized spacial score (nSPS) is 35.4. The van der Waals surface area contributed by atoms with Crippen LogP contribution >= 0.6 is 24.9 Å². The first-order valence-corrected chi connectivity index (χ1v) is 18.1. The molecule has 4 aliphatic carbocycles. The highest BCUT2D eigenvalue weighted by atomic mass is 32.2. The summed E-state index contributed by atoms with van der Waals surface area (Å²) in [5, 5.41) is 0. The van der Waals surface area contributed by atoms with Crippen molar-refractivity contribution >= 4 is 31.0 Å². The van der Waals surface area contributed by atoms with Crippen molar-refractivity contribution in [2.24, 2.45) is 46.3 Å². The highest BCUT2D eigenvalue weighted by Crippen LogP contribution is 2.67. The molecule has 3 fully saturated rings. The summed E-state index contributed by atoms with van der Waals surface area (Å²) in [5.41, 5.74) is 2.33. The Kier molecular flexibility index (Phi) is 13.6. The third kappa shape index (κ3) is 8.18. The highest BCUT2D eigenvalue weighted by Gasteiger charge is 2.59. The second-order valence-electron chi connectivity index (χ2n) is 14.5. The Bertz CT molecular complexity index is 815. The molecular weight excluding hydrogens is 535 g/mol. The van der Waals surface area contributed by atoms with Crippen LogP contribution in [-0.4, -0.2) is 22.5 Å². The van der Waals surface area contributed by atoms with E-state index in [1.165, 1.54) is 82.6 Å². The van der Waals surface area contributed by atoms with E-state index in [9.17, 15) is 4.79 Å². The third-order valence-corrected chi connectivity index (χ3v) is 12.2.